The van der Waals surface area contributed by atoms with Crippen LogP contribution in [0.5, 0.6) is 0 Å². The number of nitrogens with two attached hydrogens (primary N) is 1. The molecule has 72 valence electrons. The molecule has 0 unspecified atom stereocenters. The van der Waals surface area contributed by atoms with Crippen molar-refractivity contribution in [1.82, 2.24) is 16.0 Å². The van der Waals surface area contributed by atoms with Crippen molar-refractivity contribution in [3.63, 3.8) is 0 Å². The molecule has 0 radical (unpaired) electrons. The fourth-order valence-electron chi connectivity index (χ4n) is 1.27. The Morgan fingerprint density at radius 3 is 2.85 bits per heavy atom. The second-order valence-electron chi connectivity index (χ2n) is 3.10. The highest BCUT2D eigenvalue weighted by atomic mass is 32.1. The second-order valence-corrected chi connectivity index (χ2v) is 3.51. The molecule has 2 amide bonds. The van der Waals surface area contributed by atoms with Crippen LogP contribution in [-0.4, -0.2) is 16.8 Å². The first-order chi connectivity index (χ1) is 5.91. The summed E-state index contributed by atoms with van der Waals surface area (Å²) in [6.45, 7) is 3.63. The van der Waals surface area contributed by atoms with Crippen LogP contribution in [0.2, 0.25) is 0 Å². The van der Waals surface area contributed by atoms with E-state index in [1.54, 1.807) is 13.0 Å². The Bertz CT molecular complexity index is 288. The average Bonchev–Trinajstić information content (AvgIpc) is 1.77. The lowest BCUT2D eigenvalue weighted by Crippen LogP contribution is -2.63. The van der Waals surface area contributed by atoms with Gasteiger partial charge in [-0.15, -0.1) is 0 Å². The Balaban J connectivity index is 2.83. The lowest BCUT2D eigenvalue weighted by atomic mass is 10.1. The SMILES string of the molecule is CC1=C[C@](C)(NC(N)=O)NC(=S)N1. The Hall–Kier alpha value is -1.30. The molecule has 0 bridgehead atoms. The van der Waals surface area contributed by atoms with Crippen LogP contribution in [0.4, 0.5) is 4.79 Å². The summed E-state index contributed by atoms with van der Waals surface area (Å²) in [7, 11) is 0. The van der Waals surface area contributed by atoms with E-state index in [2.05, 4.69) is 16.0 Å². The number of carbonyl (C=O) groups excluding carboxylic acids is 1. The molecule has 1 aliphatic heterocycles. The molecule has 5 N–H and O–H groups in total. The number of carbonyl (C=O) groups is 1. The third-order valence-electron chi connectivity index (χ3n) is 1.57. The highest BCUT2D eigenvalue weighted by Gasteiger charge is 2.27. The van der Waals surface area contributed by atoms with Crippen LogP contribution in [0.1, 0.15) is 13.8 Å². The van der Waals surface area contributed by atoms with Crippen molar-refractivity contribution < 1.29 is 4.79 Å². The predicted molar refractivity (Wildman–Crippen MR) is 53.8 cm³/mol. The zero-order chi connectivity index (χ0) is 10.1. The number of rotatable bonds is 1. The maximum absolute atomic E-state index is 10.7. The molecule has 1 aliphatic rings. The highest BCUT2D eigenvalue weighted by molar-refractivity contribution is 7.80. The predicted octanol–water partition coefficient (Wildman–Crippen LogP) is -0.248. The molecule has 0 saturated carbocycles. The number of hydrogen-bond acceptors (Lipinski definition) is 2. The van der Waals surface area contributed by atoms with Crippen LogP contribution < -0.4 is 21.7 Å². The summed E-state index contributed by atoms with van der Waals surface area (Å²) in [5, 5.41) is 8.79. The number of amides is 2. The zero-order valence-electron chi connectivity index (χ0n) is 7.47. The largest absolute Gasteiger partial charge is 0.352 e. The molecule has 0 aromatic rings. The quantitative estimate of drug-likeness (QED) is 0.440. The van der Waals surface area contributed by atoms with Crippen LogP contribution >= 0.6 is 12.2 Å². The molecule has 0 spiro atoms. The standard InChI is InChI=1S/C7H12N4OS/c1-4-3-7(2,10-5(8)12)11-6(13)9-4/h3H,1-2H3,(H3,8,10,12)(H2,9,11,13)/t7-/m1/s1. The summed E-state index contributed by atoms with van der Waals surface area (Å²) < 4.78 is 0. The normalized spacial score (nSPS) is 26.9. The smallest absolute Gasteiger partial charge is 0.314 e. The molecule has 0 saturated heterocycles. The van der Waals surface area contributed by atoms with Gasteiger partial charge in [-0.1, -0.05) is 0 Å². The summed E-state index contributed by atoms with van der Waals surface area (Å²) in [5.74, 6) is 0. The zero-order valence-corrected chi connectivity index (χ0v) is 8.29. The van der Waals surface area contributed by atoms with Gasteiger partial charge in [0, 0.05) is 5.70 Å². The van der Waals surface area contributed by atoms with Gasteiger partial charge in [-0.2, -0.15) is 0 Å². The van der Waals surface area contributed by atoms with E-state index in [1.807, 2.05) is 6.92 Å². The number of urea groups is 1. The molecule has 13 heavy (non-hydrogen) atoms. The third-order valence-corrected chi connectivity index (χ3v) is 1.78. The monoisotopic (exact) mass is 200 g/mol. The molecule has 1 rings (SSSR count). The maximum atomic E-state index is 10.7. The molecule has 6 heteroatoms. The van der Waals surface area contributed by atoms with Crippen LogP contribution in [0.25, 0.3) is 0 Å². The van der Waals surface area contributed by atoms with Gasteiger partial charge in [-0.25, -0.2) is 4.79 Å². The first kappa shape index (κ1) is 9.79. The van der Waals surface area contributed by atoms with Crippen LogP contribution in [0.3, 0.4) is 0 Å². The molecule has 0 aliphatic carbocycles. The van der Waals surface area contributed by atoms with Crippen molar-refractivity contribution >= 4 is 23.4 Å². The van der Waals surface area contributed by atoms with Crippen molar-refractivity contribution in [2.75, 3.05) is 0 Å². The molecular weight excluding hydrogens is 188 g/mol. The lowest BCUT2D eigenvalue weighted by molar-refractivity contribution is 0.239. The van der Waals surface area contributed by atoms with Gasteiger partial charge < -0.3 is 21.7 Å². The van der Waals surface area contributed by atoms with E-state index in [9.17, 15) is 4.79 Å². The maximum Gasteiger partial charge on any atom is 0.314 e. The number of allylic oxidation sites excluding steroid dienone is 1. The topological polar surface area (TPSA) is 79.2 Å². The molecule has 0 fully saturated rings. The summed E-state index contributed by atoms with van der Waals surface area (Å²) >= 11 is 4.93. The van der Waals surface area contributed by atoms with E-state index in [1.165, 1.54) is 0 Å². The summed E-state index contributed by atoms with van der Waals surface area (Å²) in [6.07, 6.45) is 1.80. The average molecular weight is 200 g/mol. The van der Waals surface area contributed by atoms with E-state index < -0.39 is 11.7 Å². The van der Waals surface area contributed by atoms with Gasteiger partial charge >= 0.3 is 6.03 Å². The molecule has 0 aromatic carbocycles. The van der Waals surface area contributed by atoms with E-state index in [0.29, 0.717) is 5.11 Å². The van der Waals surface area contributed by atoms with Crippen molar-refractivity contribution in [2.24, 2.45) is 5.73 Å². The minimum Gasteiger partial charge on any atom is -0.352 e. The van der Waals surface area contributed by atoms with Crippen molar-refractivity contribution in [2.45, 2.75) is 19.5 Å². The van der Waals surface area contributed by atoms with Crippen LogP contribution in [0.15, 0.2) is 11.8 Å². The van der Waals surface area contributed by atoms with Gasteiger partial charge in [-0.3, -0.25) is 0 Å². The van der Waals surface area contributed by atoms with E-state index >= 15 is 0 Å². The third kappa shape index (κ3) is 2.59. The number of nitrogens with one attached hydrogen (secondary N) is 3. The Morgan fingerprint density at radius 2 is 2.38 bits per heavy atom. The second kappa shape index (κ2) is 3.21. The minimum absolute atomic E-state index is 0.469. The first-order valence-electron chi connectivity index (χ1n) is 3.77. The van der Waals surface area contributed by atoms with Gasteiger partial charge in [-0.05, 0) is 32.1 Å². The molecule has 1 atom stereocenters. The van der Waals surface area contributed by atoms with E-state index in [0.717, 1.165) is 5.70 Å². The van der Waals surface area contributed by atoms with E-state index in [-0.39, 0.29) is 0 Å². The molecule has 1 heterocycles. The summed E-state index contributed by atoms with van der Waals surface area (Å²) in [4.78, 5) is 10.7. The van der Waals surface area contributed by atoms with Crippen LogP contribution in [-0.2, 0) is 0 Å². The van der Waals surface area contributed by atoms with Gasteiger partial charge in [0.25, 0.3) is 0 Å². The fourth-order valence-corrected chi connectivity index (χ4v) is 1.65. The number of hydrogen-bond donors (Lipinski definition) is 4. The lowest BCUT2D eigenvalue weighted by Gasteiger charge is -2.34. The van der Waals surface area contributed by atoms with Gasteiger partial charge in [0.1, 0.15) is 5.66 Å². The van der Waals surface area contributed by atoms with Crippen molar-refractivity contribution in [1.29, 1.82) is 0 Å². The summed E-state index contributed by atoms with van der Waals surface area (Å²) in [6, 6.07) is -0.594. The number of thiocarbonyl (C=S) groups is 1. The molecule has 0 aromatic heterocycles. The molecular formula is C7H12N4OS. The van der Waals surface area contributed by atoms with Crippen LogP contribution in [0, 0.1) is 0 Å². The van der Waals surface area contributed by atoms with E-state index in [4.69, 9.17) is 18.0 Å². The summed E-state index contributed by atoms with van der Waals surface area (Å²) in [5.41, 5.74) is 5.20. The molecule has 5 nitrogen and oxygen atoms in total. The highest BCUT2D eigenvalue weighted by Crippen LogP contribution is 2.08. The Labute approximate surface area is 81.7 Å². The van der Waals surface area contributed by atoms with Gasteiger partial charge in [0.2, 0.25) is 0 Å². The Kier molecular flexibility index (Phi) is 2.42. The van der Waals surface area contributed by atoms with Gasteiger partial charge in [0.15, 0.2) is 5.11 Å². The van der Waals surface area contributed by atoms with Crippen molar-refractivity contribution in [3.05, 3.63) is 11.8 Å². The fraction of sp³-hybridized carbons (Fsp3) is 0.429. The first-order valence-corrected chi connectivity index (χ1v) is 4.18. The number of primary amides is 1. The minimum atomic E-state index is -0.696. The Morgan fingerprint density at radius 1 is 1.77 bits per heavy atom. The van der Waals surface area contributed by atoms with Gasteiger partial charge in [0.05, 0.1) is 0 Å². The van der Waals surface area contributed by atoms with Crippen molar-refractivity contribution in [3.8, 4) is 0 Å².